The minimum absolute atomic E-state index is 0.418. The van der Waals surface area contributed by atoms with Crippen LogP contribution in [-0.4, -0.2) is 9.78 Å². The predicted molar refractivity (Wildman–Crippen MR) is 77.8 cm³/mol. The Morgan fingerprint density at radius 1 is 1.37 bits per heavy atom. The molecule has 0 saturated heterocycles. The topological polar surface area (TPSA) is 27.1 Å². The van der Waals surface area contributed by atoms with Crippen molar-refractivity contribution in [3.05, 3.63) is 46.7 Å². The molecule has 2 aromatic rings. The highest BCUT2D eigenvalue weighted by Gasteiger charge is 2.06. The quantitative estimate of drug-likeness (QED) is 0.811. The summed E-state index contributed by atoms with van der Waals surface area (Å²) in [6.45, 7) is 6.77. The van der Waals surface area contributed by atoms with Crippen LogP contribution in [0.15, 0.2) is 30.5 Å². The Morgan fingerprint density at radius 3 is 2.89 bits per heavy atom. The summed E-state index contributed by atoms with van der Waals surface area (Å²) in [5, 5.41) is 5.19. The van der Waals surface area contributed by atoms with Crippen molar-refractivity contribution in [3.8, 4) is 5.75 Å². The molecule has 0 N–H and O–H groups in total. The van der Waals surface area contributed by atoms with E-state index < -0.39 is 0 Å². The Kier molecular flexibility index (Phi) is 4.48. The molecule has 0 bridgehead atoms. The zero-order valence-corrected chi connectivity index (χ0v) is 12.3. The summed E-state index contributed by atoms with van der Waals surface area (Å²) in [4.78, 5) is 0. The summed E-state index contributed by atoms with van der Waals surface area (Å²) >= 11 is 5.96. The third-order valence-electron chi connectivity index (χ3n) is 3.23. The molecule has 2 rings (SSSR count). The molecule has 19 heavy (non-hydrogen) atoms. The van der Waals surface area contributed by atoms with Crippen molar-refractivity contribution < 1.29 is 4.74 Å². The second-order valence-corrected chi connectivity index (χ2v) is 5.18. The van der Waals surface area contributed by atoms with Gasteiger partial charge in [0.15, 0.2) is 0 Å². The van der Waals surface area contributed by atoms with Crippen molar-refractivity contribution in [1.29, 1.82) is 0 Å². The van der Waals surface area contributed by atoms with E-state index >= 15 is 0 Å². The van der Waals surface area contributed by atoms with Gasteiger partial charge in [-0.05, 0) is 44.0 Å². The first kappa shape index (κ1) is 13.9. The third-order valence-corrected chi connectivity index (χ3v) is 3.47. The first-order valence-corrected chi connectivity index (χ1v) is 6.91. The van der Waals surface area contributed by atoms with Crippen LogP contribution in [-0.2, 0) is 6.61 Å². The molecule has 1 unspecified atom stereocenters. The van der Waals surface area contributed by atoms with Crippen LogP contribution in [0.4, 0.5) is 0 Å². The summed E-state index contributed by atoms with van der Waals surface area (Å²) < 4.78 is 7.75. The van der Waals surface area contributed by atoms with Crippen molar-refractivity contribution in [2.45, 2.75) is 39.8 Å². The molecular weight excluding hydrogens is 260 g/mol. The van der Waals surface area contributed by atoms with Crippen molar-refractivity contribution >= 4 is 11.6 Å². The summed E-state index contributed by atoms with van der Waals surface area (Å²) in [5.41, 5.74) is 2.01. The molecule has 0 aliphatic rings. The van der Waals surface area contributed by atoms with Gasteiger partial charge in [-0.15, -0.1) is 0 Å². The van der Waals surface area contributed by atoms with Gasteiger partial charge in [0.1, 0.15) is 12.4 Å². The number of ether oxygens (including phenoxy) is 1. The zero-order valence-electron chi connectivity index (χ0n) is 11.6. The van der Waals surface area contributed by atoms with Gasteiger partial charge in [-0.3, -0.25) is 4.68 Å². The fourth-order valence-corrected chi connectivity index (χ4v) is 1.93. The Labute approximate surface area is 119 Å². The van der Waals surface area contributed by atoms with Gasteiger partial charge < -0.3 is 4.74 Å². The van der Waals surface area contributed by atoms with Crippen LogP contribution in [0.2, 0.25) is 5.02 Å². The molecule has 1 atom stereocenters. The van der Waals surface area contributed by atoms with Gasteiger partial charge >= 0.3 is 0 Å². The third kappa shape index (κ3) is 3.51. The van der Waals surface area contributed by atoms with Crippen molar-refractivity contribution in [1.82, 2.24) is 9.78 Å². The number of aromatic nitrogens is 2. The predicted octanol–water partition coefficient (Wildman–Crippen LogP) is 4.39. The molecule has 1 aromatic carbocycles. The van der Waals surface area contributed by atoms with Gasteiger partial charge in [-0.1, -0.05) is 24.6 Å². The van der Waals surface area contributed by atoms with E-state index in [9.17, 15) is 0 Å². The first-order chi connectivity index (χ1) is 9.10. The van der Waals surface area contributed by atoms with Crippen LogP contribution in [0.1, 0.15) is 37.6 Å². The second-order valence-electron chi connectivity index (χ2n) is 4.74. The van der Waals surface area contributed by atoms with E-state index in [2.05, 4.69) is 18.9 Å². The van der Waals surface area contributed by atoms with Gasteiger partial charge in [-0.2, -0.15) is 5.10 Å². The smallest absolute Gasteiger partial charge is 0.132 e. The molecule has 3 nitrogen and oxygen atoms in total. The molecular formula is C15H19ClN2O. The maximum absolute atomic E-state index is 5.96. The minimum atomic E-state index is 0.418. The number of halogens is 1. The fourth-order valence-electron chi connectivity index (χ4n) is 1.77. The number of nitrogens with zero attached hydrogens (tertiary/aromatic N) is 2. The van der Waals surface area contributed by atoms with E-state index in [0.717, 1.165) is 23.4 Å². The van der Waals surface area contributed by atoms with Crippen LogP contribution in [0.5, 0.6) is 5.75 Å². The lowest BCUT2D eigenvalue weighted by Crippen LogP contribution is -2.06. The molecule has 1 heterocycles. The number of hydrogen-bond donors (Lipinski definition) is 0. The van der Waals surface area contributed by atoms with E-state index in [1.165, 1.54) is 0 Å². The molecule has 1 aromatic heterocycles. The summed E-state index contributed by atoms with van der Waals surface area (Å²) in [7, 11) is 0. The Morgan fingerprint density at radius 2 is 2.16 bits per heavy atom. The molecule has 0 aliphatic carbocycles. The SMILES string of the molecule is CCC(C)n1ccc(COc2cc(Cl)ccc2C)n1. The van der Waals surface area contributed by atoms with Crippen LogP contribution < -0.4 is 4.74 Å². The highest BCUT2D eigenvalue weighted by atomic mass is 35.5. The first-order valence-electron chi connectivity index (χ1n) is 6.53. The lowest BCUT2D eigenvalue weighted by molar-refractivity contribution is 0.296. The maximum Gasteiger partial charge on any atom is 0.132 e. The molecule has 4 heteroatoms. The van der Waals surface area contributed by atoms with Gasteiger partial charge in [0.05, 0.1) is 5.69 Å². The van der Waals surface area contributed by atoms with Crippen LogP contribution in [0.3, 0.4) is 0 Å². The molecule has 102 valence electrons. The summed E-state index contributed by atoms with van der Waals surface area (Å²) in [6.07, 6.45) is 3.06. The molecule has 0 amide bonds. The van der Waals surface area contributed by atoms with Crippen molar-refractivity contribution in [2.24, 2.45) is 0 Å². The monoisotopic (exact) mass is 278 g/mol. The van der Waals surface area contributed by atoms with Crippen molar-refractivity contribution in [3.63, 3.8) is 0 Å². The molecule has 0 saturated carbocycles. The second kappa shape index (κ2) is 6.11. The number of hydrogen-bond acceptors (Lipinski definition) is 2. The lowest BCUT2D eigenvalue weighted by atomic mass is 10.2. The van der Waals surface area contributed by atoms with Crippen molar-refractivity contribution in [2.75, 3.05) is 0 Å². The Bertz CT molecular complexity index is 551. The number of benzene rings is 1. The van der Waals surface area contributed by atoms with E-state index in [-0.39, 0.29) is 0 Å². The van der Waals surface area contributed by atoms with Crippen LogP contribution in [0, 0.1) is 6.92 Å². The van der Waals surface area contributed by atoms with Crippen LogP contribution >= 0.6 is 11.6 Å². The zero-order chi connectivity index (χ0) is 13.8. The van der Waals surface area contributed by atoms with E-state index in [4.69, 9.17) is 16.3 Å². The van der Waals surface area contributed by atoms with E-state index in [1.54, 1.807) is 0 Å². The largest absolute Gasteiger partial charge is 0.487 e. The van der Waals surface area contributed by atoms with Gasteiger partial charge in [0.25, 0.3) is 0 Å². The minimum Gasteiger partial charge on any atom is -0.487 e. The number of rotatable bonds is 5. The standard InChI is InChI=1S/C15H19ClN2O/c1-4-12(3)18-8-7-14(17-18)10-19-15-9-13(16)6-5-11(15)2/h5-9,12H,4,10H2,1-3H3. The van der Waals surface area contributed by atoms with Gasteiger partial charge in [0.2, 0.25) is 0 Å². The van der Waals surface area contributed by atoms with E-state index in [1.807, 2.05) is 42.1 Å². The summed E-state index contributed by atoms with van der Waals surface area (Å²) in [5.74, 6) is 0.811. The summed E-state index contributed by atoms with van der Waals surface area (Å²) in [6, 6.07) is 8.06. The van der Waals surface area contributed by atoms with Gasteiger partial charge in [-0.25, -0.2) is 0 Å². The average molecular weight is 279 g/mol. The Balaban J connectivity index is 2.02. The fraction of sp³-hybridized carbons (Fsp3) is 0.400. The average Bonchev–Trinajstić information content (AvgIpc) is 2.88. The Hall–Kier alpha value is -1.48. The van der Waals surface area contributed by atoms with E-state index in [0.29, 0.717) is 17.7 Å². The molecule has 0 fully saturated rings. The molecule has 0 spiro atoms. The van der Waals surface area contributed by atoms with Gasteiger partial charge in [0, 0.05) is 17.3 Å². The number of aryl methyl sites for hydroxylation is 1. The highest BCUT2D eigenvalue weighted by molar-refractivity contribution is 6.30. The maximum atomic E-state index is 5.96. The molecule has 0 aliphatic heterocycles. The lowest BCUT2D eigenvalue weighted by Gasteiger charge is -2.09. The van der Waals surface area contributed by atoms with Crippen LogP contribution in [0.25, 0.3) is 0 Å². The normalized spacial score (nSPS) is 12.4. The molecule has 0 radical (unpaired) electrons. The highest BCUT2D eigenvalue weighted by Crippen LogP contribution is 2.23.